The van der Waals surface area contributed by atoms with Crippen LogP contribution in [-0.2, 0) is 9.53 Å². The lowest BCUT2D eigenvalue weighted by Crippen LogP contribution is -2.48. The monoisotopic (exact) mass is 504 g/mol. The van der Waals surface area contributed by atoms with Crippen LogP contribution in [0.2, 0.25) is 0 Å². The predicted molar refractivity (Wildman–Crippen MR) is 147 cm³/mol. The summed E-state index contributed by atoms with van der Waals surface area (Å²) in [6.07, 6.45) is 2.79. The number of benzene rings is 2. The Kier molecular flexibility index (Phi) is 9.31. The molecule has 3 unspecified atom stereocenters. The van der Waals surface area contributed by atoms with Gasteiger partial charge < -0.3 is 9.64 Å². The lowest BCUT2D eigenvalue weighted by molar-refractivity contribution is -0.157. The first-order chi connectivity index (χ1) is 17.5. The number of rotatable bonds is 11. The van der Waals surface area contributed by atoms with E-state index in [9.17, 15) is 9.59 Å². The lowest BCUT2D eigenvalue weighted by Gasteiger charge is -2.38. The summed E-state index contributed by atoms with van der Waals surface area (Å²) in [4.78, 5) is 31.5. The van der Waals surface area contributed by atoms with Crippen LogP contribution < -0.4 is 4.90 Å². The zero-order valence-electron chi connectivity index (χ0n) is 21.2. The summed E-state index contributed by atoms with van der Waals surface area (Å²) in [5.74, 6) is -0.144. The van der Waals surface area contributed by atoms with Crippen LogP contribution in [0.4, 0.5) is 5.69 Å². The molecule has 2 heterocycles. The number of likely N-dealkylation sites (tertiary alicyclic amines) is 1. The van der Waals surface area contributed by atoms with E-state index in [4.69, 9.17) is 4.74 Å². The zero-order chi connectivity index (χ0) is 25.3. The molecule has 0 spiro atoms. The van der Waals surface area contributed by atoms with Crippen molar-refractivity contribution in [3.8, 4) is 0 Å². The van der Waals surface area contributed by atoms with Crippen LogP contribution in [0.15, 0.2) is 78.2 Å². The number of carbonyl (C=O) groups is 2. The normalized spacial score (nSPS) is 18.9. The van der Waals surface area contributed by atoms with Crippen molar-refractivity contribution in [2.24, 2.45) is 5.92 Å². The average Bonchev–Trinajstić information content (AvgIpc) is 3.45. The van der Waals surface area contributed by atoms with Gasteiger partial charge in [0.05, 0.1) is 17.3 Å². The van der Waals surface area contributed by atoms with Crippen LogP contribution in [0.25, 0.3) is 0 Å². The zero-order valence-corrected chi connectivity index (χ0v) is 22.0. The molecule has 5 nitrogen and oxygen atoms in total. The number of esters is 1. The molecule has 1 aromatic heterocycles. The number of Topliss-reactive ketones (excluding diaryl/α,β-unsaturated/α-hetero) is 1. The number of ketones is 1. The fourth-order valence-corrected chi connectivity index (χ4v) is 5.68. The predicted octanol–water partition coefficient (Wildman–Crippen LogP) is 5.88. The van der Waals surface area contributed by atoms with Gasteiger partial charge in [0.1, 0.15) is 6.10 Å². The van der Waals surface area contributed by atoms with E-state index in [0.717, 1.165) is 41.9 Å². The Bertz CT molecular complexity index is 1090. The Labute approximate surface area is 218 Å². The molecule has 6 heteroatoms. The Morgan fingerprint density at radius 1 is 1.06 bits per heavy atom. The molecule has 3 atom stereocenters. The summed E-state index contributed by atoms with van der Waals surface area (Å²) in [5.41, 5.74) is 2.02. The van der Waals surface area contributed by atoms with E-state index in [2.05, 4.69) is 16.7 Å². The van der Waals surface area contributed by atoms with E-state index in [-0.39, 0.29) is 17.9 Å². The van der Waals surface area contributed by atoms with Gasteiger partial charge in [0, 0.05) is 25.8 Å². The average molecular weight is 505 g/mol. The van der Waals surface area contributed by atoms with Gasteiger partial charge in [-0.15, -0.1) is 11.3 Å². The summed E-state index contributed by atoms with van der Waals surface area (Å²) in [7, 11) is 2.01. The van der Waals surface area contributed by atoms with Crippen molar-refractivity contribution in [2.45, 2.75) is 38.2 Å². The van der Waals surface area contributed by atoms with Crippen LogP contribution in [0.5, 0.6) is 0 Å². The third kappa shape index (κ3) is 6.83. The standard InChI is InChI=1S/C30H36N2O3S/c1-3-11-24-17-18-32(21-27(33)29-16-10-19-36-29)22-28(24)35-30(34)26(23-12-6-4-7-13-23)20-31(2)25-14-8-5-9-15-25/h4-10,12-16,19,24,26,28H,3,11,17-18,20-22H2,1-2H3. The van der Waals surface area contributed by atoms with E-state index in [1.54, 1.807) is 0 Å². The fraction of sp³-hybridized carbons (Fsp3) is 0.400. The van der Waals surface area contributed by atoms with Gasteiger partial charge in [-0.1, -0.05) is 67.9 Å². The first-order valence-electron chi connectivity index (χ1n) is 12.9. The Morgan fingerprint density at radius 2 is 1.78 bits per heavy atom. The van der Waals surface area contributed by atoms with Crippen LogP contribution >= 0.6 is 11.3 Å². The van der Waals surface area contributed by atoms with Gasteiger partial charge in [-0.3, -0.25) is 14.5 Å². The van der Waals surface area contributed by atoms with E-state index in [0.29, 0.717) is 25.6 Å². The maximum atomic E-state index is 13.7. The van der Waals surface area contributed by atoms with Crippen LogP contribution in [-0.4, -0.2) is 56.0 Å². The molecule has 190 valence electrons. The molecular weight excluding hydrogens is 468 g/mol. The maximum absolute atomic E-state index is 13.7. The molecule has 0 amide bonds. The molecule has 3 aromatic rings. The van der Waals surface area contributed by atoms with Gasteiger partial charge in [0.2, 0.25) is 0 Å². The topological polar surface area (TPSA) is 49.9 Å². The molecule has 36 heavy (non-hydrogen) atoms. The van der Waals surface area contributed by atoms with Crippen molar-refractivity contribution in [1.29, 1.82) is 0 Å². The third-order valence-corrected chi connectivity index (χ3v) is 7.92. The molecular formula is C30H36N2O3S. The number of hydrogen-bond acceptors (Lipinski definition) is 6. The second kappa shape index (κ2) is 12.8. The Hall–Kier alpha value is -2.96. The first kappa shape index (κ1) is 26.1. The number of anilines is 1. The molecule has 4 rings (SSSR count). The first-order valence-corrected chi connectivity index (χ1v) is 13.7. The molecule has 0 saturated carbocycles. The van der Waals surface area contributed by atoms with Crippen molar-refractivity contribution in [3.05, 3.63) is 88.6 Å². The summed E-state index contributed by atoms with van der Waals surface area (Å²) in [6.45, 7) is 4.52. The minimum absolute atomic E-state index is 0.135. The number of piperidine rings is 1. The SMILES string of the molecule is CCCC1CCN(CC(=O)c2cccs2)CC1OC(=O)C(CN(C)c1ccccc1)c1ccccc1. The highest BCUT2D eigenvalue weighted by Gasteiger charge is 2.35. The number of nitrogens with zero attached hydrogens (tertiary/aromatic N) is 2. The second-order valence-corrected chi connectivity index (χ2v) is 10.6. The van der Waals surface area contributed by atoms with E-state index >= 15 is 0 Å². The van der Waals surface area contributed by atoms with Crippen molar-refractivity contribution >= 4 is 28.8 Å². The molecule has 1 aliphatic heterocycles. The summed E-state index contributed by atoms with van der Waals surface area (Å²) < 4.78 is 6.30. The highest BCUT2D eigenvalue weighted by molar-refractivity contribution is 7.12. The maximum Gasteiger partial charge on any atom is 0.315 e. The molecule has 0 aliphatic carbocycles. The number of hydrogen-bond donors (Lipinski definition) is 0. The summed E-state index contributed by atoms with van der Waals surface area (Å²) >= 11 is 1.48. The van der Waals surface area contributed by atoms with Crippen LogP contribution in [0.3, 0.4) is 0 Å². The van der Waals surface area contributed by atoms with Crippen LogP contribution in [0.1, 0.15) is 47.3 Å². The summed E-state index contributed by atoms with van der Waals surface area (Å²) in [5, 5.41) is 1.93. The van der Waals surface area contributed by atoms with Crippen molar-refractivity contribution in [1.82, 2.24) is 4.90 Å². The molecule has 0 bridgehead atoms. The second-order valence-electron chi connectivity index (χ2n) is 9.63. The number of ether oxygens (including phenoxy) is 1. The lowest BCUT2D eigenvalue weighted by atomic mass is 9.89. The molecule has 0 radical (unpaired) electrons. The van der Waals surface area contributed by atoms with Gasteiger partial charge in [-0.05, 0) is 54.4 Å². The van der Waals surface area contributed by atoms with Crippen molar-refractivity contribution in [3.63, 3.8) is 0 Å². The molecule has 0 N–H and O–H groups in total. The van der Waals surface area contributed by atoms with Gasteiger partial charge in [0.15, 0.2) is 5.78 Å². The number of para-hydroxylation sites is 1. The molecule has 1 aliphatic rings. The quantitative estimate of drug-likeness (QED) is 0.241. The molecule has 1 saturated heterocycles. The molecule has 1 fully saturated rings. The Morgan fingerprint density at radius 3 is 2.44 bits per heavy atom. The minimum atomic E-state index is -0.401. The largest absolute Gasteiger partial charge is 0.460 e. The number of likely N-dealkylation sites (N-methyl/N-ethyl adjacent to an activating group) is 1. The fourth-order valence-electron chi connectivity index (χ4n) is 5.02. The van der Waals surface area contributed by atoms with Gasteiger partial charge in [-0.2, -0.15) is 0 Å². The van der Waals surface area contributed by atoms with Gasteiger partial charge >= 0.3 is 5.97 Å². The number of thiophene rings is 1. The highest BCUT2D eigenvalue weighted by Crippen LogP contribution is 2.29. The van der Waals surface area contributed by atoms with Crippen LogP contribution in [0, 0.1) is 5.92 Å². The van der Waals surface area contributed by atoms with Crippen molar-refractivity contribution in [2.75, 3.05) is 38.1 Å². The van der Waals surface area contributed by atoms with E-state index in [1.807, 2.05) is 85.2 Å². The Balaban J connectivity index is 1.48. The highest BCUT2D eigenvalue weighted by atomic mass is 32.1. The van der Waals surface area contributed by atoms with E-state index < -0.39 is 5.92 Å². The minimum Gasteiger partial charge on any atom is -0.460 e. The number of carbonyl (C=O) groups excluding carboxylic acids is 2. The third-order valence-electron chi connectivity index (χ3n) is 7.01. The van der Waals surface area contributed by atoms with Crippen molar-refractivity contribution < 1.29 is 14.3 Å². The molecule has 2 aromatic carbocycles. The summed E-state index contributed by atoms with van der Waals surface area (Å²) in [6, 6.07) is 23.8. The smallest absolute Gasteiger partial charge is 0.315 e. The van der Waals surface area contributed by atoms with Gasteiger partial charge in [-0.25, -0.2) is 0 Å². The van der Waals surface area contributed by atoms with Gasteiger partial charge in [0.25, 0.3) is 0 Å². The van der Waals surface area contributed by atoms with E-state index in [1.165, 1.54) is 11.3 Å².